The maximum Gasteiger partial charge on any atom is 0.252 e. The van der Waals surface area contributed by atoms with Gasteiger partial charge in [0.25, 0.3) is 6.57 Å². The molecule has 5 amide bonds. The van der Waals surface area contributed by atoms with E-state index in [1.54, 1.807) is 0 Å². The molecule has 1 aliphatic rings. The van der Waals surface area contributed by atoms with Gasteiger partial charge in [0, 0.05) is 45.1 Å². The number of carbonyl (C=O) groups is 5. The Bertz CT molecular complexity index is 1120. The Balaban J connectivity index is 2.84. The number of ether oxygens (including phenoxy) is 3. The monoisotopic (exact) mass is 802 g/mol. The van der Waals surface area contributed by atoms with Crippen molar-refractivity contribution >= 4 is 48.4 Å². The molecule has 1 fully saturated rings. The standard InChI is InChI=1S/C30H59N8O13PS/c1-52(44,53)51-23-4-2-22(3-5-23)28(41)38-25(30(43)36-12-15-47-18-21-50-33)7-9-27(40)37-24(29(42)35-11-14-46-17-20-49-32)6-8-26(39)34-10-13-45-16-19-48-31/h22-25H,2-21,31-33H2,1H3,(H,34,39)(H,35,42)(H,36,43)(H,37,40)(H,38,41)(H,44,53)/t22-,23-,24?,25?,52?. The van der Waals surface area contributed by atoms with Gasteiger partial charge in [0.05, 0.1) is 65.6 Å². The van der Waals surface area contributed by atoms with Crippen LogP contribution < -0.4 is 44.3 Å². The van der Waals surface area contributed by atoms with E-state index < -0.39 is 42.3 Å². The third kappa shape index (κ3) is 25.3. The predicted octanol–water partition coefficient (Wildman–Crippen LogP) is -2.09. The van der Waals surface area contributed by atoms with Gasteiger partial charge in [-0.15, -0.1) is 0 Å². The van der Waals surface area contributed by atoms with E-state index in [1.165, 1.54) is 6.66 Å². The molecule has 3 unspecified atom stereocenters. The van der Waals surface area contributed by atoms with Crippen molar-refractivity contribution in [3.63, 3.8) is 0 Å². The van der Waals surface area contributed by atoms with Crippen LogP contribution in [0.5, 0.6) is 0 Å². The summed E-state index contributed by atoms with van der Waals surface area (Å²) in [7, 11) is 0. The summed E-state index contributed by atoms with van der Waals surface area (Å²) in [6.07, 6.45) is 1.14. The van der Waals surface area contributed by atoms with Crippen molar-refractivity contribution in [3.05, 3.63) is 0 Å². The highest BCUT2D eigenvalue weighted by Gasteiger charge is 2.32. The number of nitrogens with one attached hydrogen (secondary N) is 5. The minimum atomic E-state index is -2.99. The largest absolute Gasteiger partial charge is 0.377 e. The lowest BCUT2D eigenvalue weighted by molar-refractivity contribution is -0.133. The van der Waals surface area contributed by atoms with Gasteiger partial charge in [-0.2, -0.15) is 0 Å². The Hall–Kier alpha value is -2.47. The van der Waals surface area contributed by atoms with E-state index in [0.29, 0.717) is 25.7 Å². The normalized spacial score (nSPS) is 17.9. The van der Waals surface area contributed by atoms with Gasteiger partial charge in [0.1, 0.15) is 12.1 Å². The first kappa shape index (κ1) is 48.5. The molecule has 0 aromatic heterocycles. The smallest absolute Gasteiger partial charge is 0.252 e. The predicted molar refractivity (Wildman–Crippen MR) is 194 cm³/mol. The molecule has 1 rings (SSSR count). The third-order valence-electron chi connectivity index (χ3n) is 7.69. The molecule has 11 N–H and O–H groups in total. The summed E-state index contributed by atoms with van der Waals surface area (Å²) in [6, 6.07) is -2.18. The Morgan fingerprint density at radius 3 is 1.53 bits per heavy atom. The van der Waals surface area contributed by atoms with Crippen LogP contribution in [-0.2, 0) is 61.8 Å². The summed E-state index contributed by atoms with van der Waals surface area (Å²) in [5, 5.41) is 13.4. The van der Waals surface area contributed by atoms with Crippen LogP contribution >= 0.6 is 18.8 Å². The Morgan fingerprint density at radius 1 is 0.642 bits per heavy atom. The Kier molecular flexibility index (Phi) is 27.3. The minimum Gasteiger partial charge on any atom is -0.377 e. The van der Waals surface area contributed by atoms with Crippen molar-refractivity contribution < 1.29 is 61.8 Å². The van der Waals surface area contributed by atoms with E-state index in [9.17, 15) is 28.5 Å². The molecule has 0 radical (unpaired) electrons. The molecule has 23 heteroatoms. The van der Waals surface area contributed by atoms with Gasteiger partial charge in [0.2, 0.25) is 29.5 Å². The van der Waals surface area contributed by atoms with Crippen LogP contribution in [0.1, 0.15) is 51.4 Å². The average Bonchev–Trinajstić information content (AvgIpc) is 3.12. The summed E-state index contributed by atoms with van der Waals surface area (Å²) < 4.78 is 33.3. The van der Waals surface area contributed by atoms with Crippen LogP contribution in [0, 0.1) is 5.92 Å². The first-order valence-electron chi connectivity index (χ1n) is 17.5. The van der Waals surface area contributed by atoms with Crippen LogP contribution in [-0.4, -0.2) is 133 Å². The number of thiol groups is 1. The molecule has 0 saturated heterocycles. The Labute approximate surface area is 315 Å². The molecule has 0 aliphatic heterocycles. The minimum absolute atomic E-state index is 0.0317. The van der Waals surface area contributed by atoms with Crippen molar-refractivity contribution in [2.75, 3.05) is 85.8 Å². The van der Waals surface area contributed by atoms with Gasteiger partial charge in [-0.1, -0.05) is 12.2 Å². The van der Waals surface area contributed by atoms with Crippen LogP contribution in [0.25, 0.3) is 0 Å². The number of nitrogens with two attached hydrogens (primary N) is 3. The highest BCUT2D eigenvalue weighted by molar-refractivity contribution is 8.46. The Morgan fingerprint density at radius 2 is 1.08 bits per heavy atom. The fraction of sp³-hybridized carbons (Fsp3) is 0.833. The fourth-order valence-electron chi connectivity index (χ4n) is 5.07. The highest BCUT2D eigenvalue weighted by Crippen LogP contribution is 2.50. The molecule has 308 valence electrons. The van der Waals surface area contributed by atoms with E-state index >= 15 is 0 Å². The first-order chi connectivity index (χ1) is 25.4. The molecule has 0 aromatic carbocycles. The summed E-state index contributed by atoms with van der Waals surface area (Å²) in [6.45, 7) is 0.614. The second-order valence-corrected chi connectivity index (χ2v) is 16.0. The maximum absolute atomic E-state index is 13.3. The molecule has 3 atom stereocenters. The summed E-state index contributed by atoms with van der Waals surface area (Å²) in [5.41, 5.74) is 0. The topological polar surface area (TPSA) is 305 Å². The lowest BCUT2D eigenvalue weighted by Crippen LogP contribution is -2.51. The summed E-state index contributed by atoms with van der Waals surface area (Å²) in [4.78, 5) is 78.4. The number of hydrogen-bond acceptors (Lipinski definition) is 16. The van der Waals surface area contributed by atoms with Crippen LogP contribution in [0.2, 0.25) is 0 Å². The zero-order valence-corrected chi connectivity index (χ0v) is 32.2. The lowest BCUT2D eigenvalue weighted by atomic mass is 9.86. The summed E-state index contributed by atoms with van der Waals surface area (Å²) >= 11 is 3.99. The first-order valence-corrected chi connectivity index (χ1v) is 20.7. The second kappa shape index (κ2) is 29.8. The molecule has 0 heterocycles. The molecule has 1 saturated carbocycles. The van der Waals surface area contributed by atoms with E-state index in [1.807, 2.05) is 0 Å². The average molecular weight is 803 g/mol. The molecule has 1 aliphatic carbocycles. The van der Waals surface area contributed by atoms with Crippen molar-refractivity contribution in [1.29, 1.82) is 0 Å². The van der Waals surface area contributed by atoms with Crippen LogP contribution in [0.3, 0.4) is 0 Å². The number of amides is 5. The fourth-order valence-corrected chi connectivity index (χ4v) is 6.23. The second-order valence-electron chi connectivity index (χ2n) is 12.0. The van der Waals surface area contributed by atoms with E-state index in [2.05, 4.69) is 53.3 Å². The van der Waals surface area contributed by atoms with Crippen molar-refractivity contribution in [3.8, 4) is 0 Å². The molecule has 0 aromatic rings. The van der Waals surface area contributed by atoms with Crippen molar-refractivity contribution in [2.45, 2.75) is 69.6 Å². The maximum atomic E-state index is 13.3. The van der Waals surface area contributed by atoms with Crippen LogP contribution in [0.4, 0.5) is 0 Å². The summed E-state index contributed by atoms with van der Waals surface area (Å²) in [5.74, 6) is 12.1. The van der Waals surface area contributed by atoms with E-state index in [0.717, 1.165) is 0 Å². The lowest BCUT2D eigenvalue weighted by Gasteiger charge is -2.29. The van der Waals surface area contributed by atoms with Gasteiger partial charge in [-0.25, -0.2) is 17.7 Å². The number of hydrogen-bond donors (Lipinski definition) is 9. The third-order valence-corrected chi connectivity index (χ3v) is 8.66. The molecular weight excluding hydrogens is 743 g/mol. The van der Waals surface area contributed by atoms with Crippen LogP contribution in [0.15, 0.2) is 0 Å². The van der Waals surface area contributed by atoms with Gasteiger partial charge in [-0.3, -0.25) is 28.5 Å². The molecule has 21 nitrogen and oxygen atoms in total. The molecule has 53 heavy (non-hydrogen) atoms. The zero-order chi connectivity index (χ0) is 39.3. The molecular formula is C30H59N8O13PS. The van der Waals surface area contributed by atoms with Crippen molar-refractivity contribution in [1.82, 2.24) is 26.6 Å². The number of carbonyl (C=O) groups excluding carboxylic acids is 5. The quantitative estimate of drug-likeness (QED) is 0.0157. The van der Waals surface area contributed by atoms with Crippen molar-refractivity contribution in [2.24, 2.45) is 23.6 Å². The SMILES string of the molecule is CP(=O)(S)O[C@H]1CC[C@H](C(=O)NC(CCC(=O)NC(CCC(=O)NCCOCCON)C(=O)NCCOCCON)C(=O)NCCOCCON)CC1. The van der Waals surface area contributed by atoms with Gasteiger partial charge < -0.3 is 59.8 Å². The van der Waals surface area contributed by atoms with Gasteiger partial charge in [-0.05, 0) is 38.5 Å². The van der Waals surface area contributed by atoms with E-state index in [-0.39, 0.29) is 123 Å². The number of rotatable bonds is 31. The highest BCUT2D eigenvalue weighted by atomic mass is 32.7. The molecule has 0 spiro atoms. The van der Waals surface area contributed by atoms with Gasteiger partial charge in [0.15, 0.2) is 0 Å². The molecule has 0 bridgehead atoms. The van der Waals surface area contributed by atoms with Gasteiger partial charge >= 0.3 is 0 Å². The van der Waals surface area contributed by atoms with E-state index in [4.69, 9.17) is 36.4 Å². The zero-order valence-electron chi connectivity index (χ0n) is 30.4.